The Morgan fingerprint density at radius 2 is 1.24 bits per heavy atom. The molecule has 58 heavy (non-hydrogen) atoms. The molecule has 0 aliphatic carbocycles. The number of phosphoric acid groups is 1. The SMILES string of the molecule is CC/C=C\C/C=C\C/C=C\C/C=C\C=C/C(O)C/C=C\CCC(=O)O[C@H](CO/C=C/CCCCCCCC/C=C\CCCCCC)COP(=O)([O-])OCC[N+](C)(C)C. The number of hydrogen-bond acceptors (Lipinski definition) is 8. The minimum atomic E-state index is -4.60. The van der Waals surface area contributed by atoms with Gasteiger partial charge < -0.3 is 33.0 Å². The van der Waals surface area contributed by atoms with E-state index in [1.807, 2.05) is 57.6 Å². The summed E-state index contributed by atoms with van der Waals surface area (Å²) in [6.45, 7) is 4.37. The number of aliphatic hydroxyl groups excluding tert-OH is 1. The Labute approximate surface area is 354 Å². The van der Waals surface area contributed by atoms with Crippen LogP contribution in [0.5, 0.6) is 0 Å². The van der Waals surface area contributed by atoms with E-state index in [4.69, 9.17) is 18.5 Å². The molecule has 0 heterocycles. The number of nitrogens with zero attached hydrogens (tertiary/aromatic N) is 1. The molecule has 0 spiro atoms. The normalized spacial score (nSPS) is 15.2. The van der Waals surface area contributed by atoms with E-state index in [1.54, 1.807) is 12.3 Å². The highest BCUT2D eigenvalue weighted by Gasteiger charge is 2.20. The summed E-state index contributed by atoms with van der Waals surface area (Å²) in [5.41, 5.74) is 0. The van der Waals surface area contributed by atoms with Gasteiger partial charge in [0.25, 0.3) is 7.82 Å². The maximum absolute atomic E-state index is 12.7. The summed E-state index contributed by atoms with van der Waals surface area (Å²) in [5, 5.41) is 10.2. The number of quaternary nitrogens is 1. The Hall–Kier alpha value is -2.78. The fraction of sp³-hybridized carbons (Fsp3) is 0.646. The number of aliphatic hydroxyl groups is 1. The number of allylic oxidation sites excluding steroid dienone is 13. The molecule has 2 unspecified atom stereocenters. The van der Waals surface area contributed by atoms with Crippen LogP contribution in [0.1, 0.15) is 142 Å². The van der Waals surface area contributed by atoms with E-state index < -0.39 is 32.6 Å². The molecule has 0 bridgehead atoms. The molecular formula is C48H82NO8P. The second-order valence-corrected chi connectivity index (χ2v) is 17.0. The molecule has 10 heteroatoms. The molecule has 1 N–H and O–H groups in total. The molecule has 0 aromatic rings. The van der Waals surface area contributed by atoms with Gasteiger partial charge in [0.1, 0.15) is 19.8 Å². The van der Waals surface area contributed by atoms with Crippen LogP contribution in [-0.2, 0) is 27.9 Å². The van der Waals surface area contributed by atoms with Crippen molar-refractivity contribution in [1.82, 2.24) is 0 Å². The van der Waals surface area contributed by atoms with E-state index >= 15 is 0 Å². The highest BCUT2D eigenvalue weighted by molar-refractivity contribution is 7.45. The molecule has 0 aromatic heterocycles. The van der Waals surface area contributed by atoms with Gasteiger partial charge in [0.05, 0.1) is 40.1 Å². The predicted molar refractivity (Wildman–Crippen MR) is 241 cm³/mol. The van der Waals surface area contributed by atoms with Crippen LogP contribution >= 0.6 is 7.82 Å². The van der Waals surface area contributed by atoms with Crippen LogP contribution in [0, 0.1) is 0 Å². The molecular weight excluding hydrogens is 750 g/mol. The van der Waals surface area contributed by atoms with Crippen molar-refractivity contribution in [3.63, 3.8) is 0 Å². The predicted octanol–water partition coefficient (Wildman–Crippen LogP) is 11.7. The Bertz CT molecular complexity index is 1260. The van der Waals surface area contributed by atoms with Crippen molar-refractivity contribution in [2.24, 2.45) is 0 Å². The average molecular weight is 832 g/mol. The van der Waals surface area contributed by atoms with E-state index in [2.05, 4.69) is 62.5 Å². The van der Waals surface area contributed by atoms with Gasteiger partial charge in [0.15, 0.2) is 6.10 Å². The van der Waals surface area contributed by atoms with Gasteiger partial charge in [0, 0.05) is 6.42 Å². The van der Waals surface area contributed by atoms with E-state index in [-0.39, 0.29) is 19.6 Å². The smallest absolute Gasteiger partial charge is 0.306 e. The third-order valence-electron chi connectivity index (χ3n) is 8.78. The molecule has 9 nitrogen and oxygen atoms in total. The molecule has 0 rings (SSSR count). The number of carbonyl (C=O) groups is 1. The van der Waals surface area contributed by atoms with Gasteiger partial charge in [0.2, 0.25) is 0 Å². The minimum absolute atomic E-state index is 0.0220. The van der Waals surface area contributed by atoms with E-state index in [0.717, 1.165) is 44.9 Å². The van der Waals surface area contributed by atoms with Crippen LogP contribution in [0.3, 0.4) is 0 Å². The van der Waals surface area contributed by atoms with Crippen LogP contribution in [-0.4, -0.2) is 75.3 Å². The van der Waals surface area contributed by atoms with Crippen LogP contribution in [0.25, 0.3) is 0 Å². The van der Waals surface area contributed by atoms with Crippen LogP contribution in [0.2, 0.25) is 0 Å². The third kappa shape index (κ3) is 42.8. The Morgan fingerprint density at radius 1 is 0.672 bits per heavy atom. The summed E-state index contributed by atoms with van der Waals surface area (Å²) in [4.78, 5) is 25.0. The van der Waals surface area contributed by atoms with Crippen LogP contribution in [0.4, 0.5) is 0 Å². The summed E-state index contributed by atoms with van der Waals surface area (Å²) in [6, 6.07) is 0. The number of hydrogen-bond donors (Lipinski definition) is 1. The molecule has 332 valence electrons. The van der Waals surface area contributed by atoms with E-state index in [9.17, 15) is 19.4 Å². The highest BCUT2D eigenvalue weighted by atomic mass is 31.2. The van der Waals surface area contributed by atoms with E-state index in [1.165, 1.54) is 64.2 Å². The van der Waals surface area contributed by atoms with Gasteiger partial charge in [-0.3, -0.25) is 9.36 Å². The largest absolute Gasteiger partial charge is 0.756 e. The molecule has 0 fully saturated rings. The number of phosphoric ester groups is 1. The molecule has 0 aliphatic rings. The van der Waals surface area contributed by atoms with Crippen molar-refractivity contribution in [3.8, 4) is 0 Å². The molecule has 0 radical (unpaired) electrons. The quantitative estimate of drug-likeness (QED) is 0.0124. The lowest BCUT2D eigenvalue weighted by atomic mass is 10.1. The zero-order valence-corrected chi connectivity index (χ0v) is 38.0. The molecule has 0 saturated heterocycles. The van der Waals surface area contributed by atoms with Gasteiger partial charge >= 0.3 is 5.97 Å². The summed E-state index contributed by atoms with van der Waals surface area (Å²) >= 11 is 0. The Balaban J connectivity index is 4.55. The number of ether oxygens (including phenoxy) is 2. The average Bonchev–Trinajstić information content (AvgIpc) is 3.17. The number of unbranched alkanes of at least 4 members (excludes halogenated alkanes) is 11. The van der Waals surface area contributed by atoms with Crippen molar-refractivity contribution in [1.29, 1.82) is 0 Å². The Kier molecular flexibility index (Phi) is 37.8. The lowest BCUT2D eigenvalue weighted by Gasteiger charge is -2.28. The summed E-state index contributed by atoms with van der Waals surface area (Å²) < 4.78 is 34.1. The zero-order chi connectivity index (χ0) is 42.8. The van der Waals surface area contributed by atoms with Crippen molar-refractivity contribution < 1.29 is 42.4 Å². The lowest BCUT2D eigenvalue weighted by Crippen LogP contribution is -2.37. The van der Waals surface area contributed by atoms with Gasteiger partial charge in [-0.25, -0.2) is 0 Å². The van der Waals surface area contributed by atoms with Gasteiger partial charge in [-0.2, -0.15) is 0 Å². The van der Waals surface area contributed by atoms with Gasteiger partial charge in [-0.1, -0.05) is 144 Å². The maximum atomic E-state index is 12.7. The molecule has 0 saturated carbocycles. The second-order valence-electron chi connectivity index (χ2n) is 15.6. The van der Waals surface area contributed by atoms with E-state index in [0.29, 0.717) is 23.9 Å². The van der Waals surface area contributed by atoms with Crippen molar-refractivity contribution >= 4 is 13.8 Å². The number of esters is 1. The van der Waals surface area contributed by atoms with Crippen molar-refractivity contribution in [2.75, 3.05) is 47.5 Å². The van der Waals surface area contributed by atoms with Gasteiger partial charge in [-0.15, -0.1) is 0 Å². The fourth-order valence-electron chi connectivity index (χ4n) is 5.32. The number of likely N-dealkylation sites (N-methyl/N-ethyl adjacent to an activating group) is 1. The van der Waals surface area contributed by atoms with Crippen molar-refractivity contribution in [3.05, 3.63) is 97.4 Å². The monoisotopic (exact) mass is 832 g/mol. The summed E-state index contributed by atoms with van der Waals surface area (Å²) in [6.07, 6.45) is 51.2. The van der Waals surface area contributed by atoms with Crippen LogP contribution in [0.15, 0.2) is 97.4 Å². The molecule has 3 atom stereocenters. The minimum Gasteiger partial charge on any atom is -0.756 e. The first-order valence-corrected chi connectivity index (χ1v) is 23.6. The first kappa shape index (κ1) is 55.2. The first-order valence-electron chi connectivity index (χ1n) is 22.1. The topological polar surface area (TPSA) is 114 Å². The molecule has 0 aromatic carbocycles. The van der Waals surface area contributed by atoms with Gasteiger partial charge in [-0.05, 0) is 83.1 Å². The highest BCUT2D eigenvalue weighted by Crippen LogP contribution is 2.38. The number of rotatable bonds is 39. The lowest BCUT2D eigenvalue weighted by molar-refractivity contribution is -0.870. The summed E-state index contributed by atoms with van der Waals surface area (Å²) in [7, 11) is 1.20. The molecule has 0 amide bonds. The third-order valence-corrected chi connectivity index (χ3v) is 9.74. The first-order chi connectivity index (χ1) is 28.0. The Morgan fingerprint density at radius 3 is 1.86 bits per heavy atom. The van der Waals surface area contributed by atoms with Crippen molar-refractivity contribution in [2.45, 2.75) is 154 Å². The zero-order valence-electron chi connectivity index (χ0n) is 37.1. The fourth-order valence-corrected chi connectivity index (χ4v) is 6.05. The van der Waals surface area contributed by atoms with Crippen LogP contribution < -0.4 is 4.89 Å². The standard InChI is InChI=1S/C48H82NO8P/c1-6-8-10-12-14-16-18-20-21-22-24-26-28-30-32-37-42-54-44-47(45-56-58(52,53)55-43-41-49(3,4)5)57-48(51)40-36-33-35-39-46(50)38-34-31-29-27-25-23-19-17-15-13-11-9-7-2/h9,11,15-18,23,25,29,31,33-35,37-38,42,46-47,50H,6-8,10,12-14,19-22,24,26-28,30,32,36,39-41,43-45H2,1-5H3/b11-9-,17-15-,18-16-,25-23-,31-29-,35-33-,38-34-,42-37+/t46?,47-/m1/s1. The molecule has 0 aliphatic heterocycles. The second kappa shape index (κ2) is 39.7. The summed E-state index contributed by atoms with van der Waals surface area (Å²) in [5.74, 6) is -0.504. The number of carbonyl (C=O) groups excluding carboxylic acids is 1. The maximum Gasteiger partial charge on any atom is 0.306 e.